The number of ether oxygens (including phenoxy) is 1. The van der Waals surface area contributed by atoms with E-state index in [1.54, 1.807) is 0 Å². The van der Waals surface area contributed by atoms with Gasteiger partial charge in [0.1, 0.15) is 0 Å². The Morgan fingerprint density at radius 1 is 0.875 bits per heavy atom. The molecule has 130 valence electrons. The summed E-state index contributed by atoms with van der Waals surface area (Å²) >= 11 is 0. The van der Waals surface area contributed by atoms with Crippen molar-refractivity contribution in [3.63, 3.8) is 0 Å². The van der Waals surface area contributed by atoms with Crippen LogP contribution in [0.2, 0.25) is 0 Å². The van der Waals surface area contributed by atoms with Crippen LogP contribution >= 0.6 is 0 Å². The summed E-state index contributed by atoms with van der Waals surface area (Å²) in [6.07, 6.45) is 13.7. The van der Waals surface area contributed by atoms with Crippen LogP contribution in [0.5, 0.6) is 5.88 Å². The molecule has 4 rings (SSSR count). The first-order chi connectivity index (χ1) is 11.9. The molecule has 3 heteroatoms. The maximum absolute atomic E-state index is 6.20. The van der Waals surface area contributed by atoms with Crippen molar-refractivity contribution in [1.29, 1.82) is 0 Å². The average Bonchev–Trinajstić information content (AvgIpc) is 3.00. The smallest absolute Gasteiger partial charge is 0.240 e. The van der Waals surface area contributed by atoms with Crippen LogP contribution in [0.25, 0.3) is 10.9 Å². The van der Waals surface area contributed by atoms with Gasteiger partial charge in [-0.25, -0.2) is 0 Å². The fourth-order valence-corrected chi connectivity index (χ4v) is 4.51. The summed E-state index contributed by atoms with van der Waals surface area (Å²) < 4.78 is 8.41. The lowest BCUT2D eigenvalue weighted by atomic mass is 9.89. The number of para-hydroxylation sites is 1. The Hall–Kier alpha value is -1.51. The Kier molecular flexibility index (Phi) is 5.05. The molecule has 1 heterocycles. The highest BCUT2D eigenvalue weighted by Gasteiger charge is 2.19. The molecule has 24 heavy (non-hydrogen) atoms. The molecule has 0 bridgehead atoms. The Bertz CT molecular complexity index is 651. The largest absolute Gasteiger partial charge is 0.476 e. The van der Waals surface area contributed by atoms with E-state index in [4.69, 9.17) is 9.84 Å². The van der Waals surface area contributed by atoms with Gasteiger partial charge >= 0.3 is 0 Å². The third-order valence-electron chi connectivity index (χ3n) is 5.96. The molecular weight excluding hydrogens is 296 g/mol. The molecule has 1 aromatic heterocycles. The predicted molar refractivity (Wildman–Crippen MR) is 98.4 cm³/mol. The van der Waals surface area contributed by atoms with Gasteiger partial charge in [-0.3, -0.25) is 4.68 Å². The molecular formula is C21H30N2O. The molecule has 0 unspecified atom stereocenters. The second kappa shape index (κ2) is 7.58. The maximum atomic E-state index is 6.20. The third-order valence-corrected chi connectivity index (χ3v) is 5.96. The molecule has 1 aromatic carbocycles. The molecule has 2 aromatic rings. The maximum Gasteiger partial charge on any atom is 0.240 e. The summed E-state index contributed by atoms with van der Waals surface area (Å²) in [6.45, 7) is 1.89. The zero-order chi connectivity index (χ0) is 16.2. The number of hydrogen-bond acceptors (Lipinski definition) is 2. The van der Waals surface area contributed by atoms with Crippen molar-refractivity contribution in [2.24, 2.45) is 11.8 Å². The van der Waals surface area contributed by atoms with Crippen molar-refractivity contribution in [2.45, 2.75) is 70.8 Å². The summed E-state index contributed by atoms with van der Waals surface area (Å²) in [5, 5.41) is 6.05. The van der Waals surface area contributed by atoms with E-state index in [9.17, 15) is 0 Å². The molecule has 3 nitrogen and oxygen atoms in total. The summed E-state index contributed by atoms with van der Waals surface area (Å²) in [5.74, 6) is 2.36. The zero-order valence-electron chi connectivity index (χ0n) is 14.8. The molecule has 0 saturated heterocycles. The number of rotatable bonds is 5. The number of nitrogens with zero attached hydrogens (tertiary/aromatic N) is 2. The van der Waals surface area contributed by atoms with Gasteiger partial charge in [-0.2, -0.15) is 0 Å². The Labute approximate surface area is 145 Å². The van der Waals surface area contributed by atoms with Crippen LogP contribution in [0.3, 0.4) is 0 Å². The minimum Gasteiger partial charge on any atom is -0.476 e. The van der Waals surface area contributed by atoms with Gasteiger partial charge in [-0.05, 0) is 49.7 Å². The van der Waals surface area contributed by atoms with Crippen LogP contribution in [0.15, 0.2) is 24.3 Å². The fraction of sp³-hybridized carbons (Fsp3) is 0.667. The first-order valence-corrected chi connectivity index (χ1v) is 9.98. The second-order valence-electron chi connectivity index (χ2n) is 7.82. The van der Waals surface area contributed by atoms with Crippen LogP contribution < -0.4 is 4.74 Å². The van der Waals surface area contributed by atoms with Crippen LogP contribution in [0, 0.1) is 11.8 Å². The SMILES string of the molecule is c1ccc2c(c1)c(OCC1CCCCC1)nn2CC1CCCCC1. The summed E-state index contributed by atoms with van der Waals surface area (Å²) in [5.41, 5.74) is 1.24. The number of hydrogen-bond donors (Lipinski definition) is 0. The van der Waals surface area contributed by atoms with Gasteiger partial charge in [-0.15, -0.1) is 5.10 Å². The quantitative estimate of drug-likeness (QED) is 0.717. The molecule has 0 amide bonds. The van der Waals surface area contributed by atoms with E-state index < -0.39 is 0 Å². The van der Waals surface area contributed by atoms with E-state index in [1.807, 2.05) is 0 Å². The van der Waals surface area contributed by atoms with Crippen LogP contribution in [-0.4, -0.2) is 16.4 Å². The zero-order valence-corrected chi connectivity index (χ0v) is 14.8. The third kappa shape index (κ3) is 3.60. The highest BCUT2D eigenvalue weighted by molar-refractivity contribution is 5.84. The first kappa shape index (κ1) is 16.0. The highest BCUT2D eigenvalue weighted by atomic mass is 16.5. The van der Waals surface area contributed by atoms with Crippen LogP contribution in [-0.2, 0) is 6.54 Å². The fourth-order valence-electron chi connectivity index (χ4n) is 4.51. The van der Waals surface area contributed by atoms with Crippen LogP contribution in [0.1, 0.15) is 64.2 Å². The van der Waals surface area contributed by atoms with E-state index in [2.05, 4.69) is 28.9 Å². The molecule has 0 N–H and O–H groups in total. The van der Waals surface area contributed by atoms with Crippen molar-refractivity contribution in [1.82, 2.24) is 9.78 Å². The predicted octanol–water partition coefficient (Wildman–Crippen LogP) is 5.58. The summed E-state index contributed by atoms with van der Waals surface area (Å²) in [6, 6.07) is 8.57. The molecule has 2 saturated carbocycles. The lowest BCUT2D eigenvalue weighted by Gasteiger charge is -2.21. The Morgan fingerprint density at radius 2 is 1.54 bits per heavy atom. The molecule has 2 aliphatic rings. The van der Waals surface area contributed by atoms with E-state index in [0.29, 0.717) is 0 Å². The number of fused-ring (bicyclic) bond motifs is 1. The Morgan fingerprint density at radius 3 is 2.29 bits per heavy atom. The highest BCUT2D eigenvalue weighted by Crippen LogP contribution is 2.31. The molecule has 0 radical (unpaired) electrons. The Balaban J connectivity index is 1.49. The lowest BCUT2D eigenvalue weighted by molar-refractivity contribution is 0.202. The number of benzene rings is 1. The van der Waals surface area contributed by atoms with Gasteiger partial charge < -0.3 is 4.74 Å². The van der Waals surface area contributed by atoms with E-state index in [1.165, 1.54) is 75.1 Å². The second-order valence-corrected chi connectivity index (χ2v) is 7.82. The van der Waals surface area contributed by atoms with E-state index in [-0.39, 0.29) is 0 Å². The summed E-state index contributed by atoms with van der Waals surface area (Å²) in [7, 11) is 0. The van der Waals surface area contributed by atoms with Crippen molar-refractivity contribution < 1.29 is 4.74 Å². The van der Waals surface area contributed by atoms with Gasteiger partial charge in [0.15, 0.2) is 0 Å². The molecule has 0 spiro atoms. The number of aromatic nitrogens is 2. The van der Waals surface area contributed by atoms with Gasteiger partial charge in [0.05, 0.1) is 17.5 Å². The molecule has 0 aliphatic heterocycles. The van der Waals surface area contributed by atoms with E-state index in [0.717, 1.165) is 30.9 Å². The topological polar surface area (TPSA) is 27.1 Å². The van der Waals surface area contributed by atoms with Crippen molar-refractivity contribution in [3.05, 3.63) is 24.3 Å². The van der Waals surface area contributed by atoms with Gasteiger partial charge in [0, 0.05) is 6.54 Å². The molecule has 2 fully saturated rings. The minimum absolute atomic E-state index is 0.723. The monoisotopic (exact) mass is 326 g/mol. The normalized spacial score (nSPS) is 20.5. The van der Waals surface area contributed by atoms with Crippen LogP contribution in [0.4, 0.5) is 0 Å². The van der Waals surface area contributed by atoms with Crippen molar-refractivity contribution >= 4 is 10.9 Å². The van der Waals surface area contributed by atoms with Gasteiger partial charge in [0.25, 0.3) is 0 Å². The first-order valence-electron chi connectivity index (χ1n) is 9.98. The van der Waals surface area contributed by atoms with Gasteiger partial charge in [0.2, 0.25) is 5.88 Å². The minimum atomic E-state index is 0.723. The average molecular weight is 326 g/mol. The lowest BCUT2D eigenvalue weighted by Crippen LogP contribution is -2.16. The molecule has 0 atom stereocenters. The molecule has 2 aliphatic carbocycles. The summed E-state index contributed by atoms with van der Waals surface area (Å²) in [4.78, 5) is 0. The van der Waals surface area contributed by atoms with Crippen molar-refractivity contribution in [3.8, 4) is 5.88 Å². The van der Waals surface area contributed by atoms with Gasteiger partial charge in [-0.1, -0.05) is 50.7 Å². The standard InChI is InChI=1S/C21H30N2O/c1-3-9-17(10-4-1)15-23-20-14-8-7-13-19(20)21(22-23)24-16-18-11-5-2-6-12-18/h7-8,13-14,17-18H,1-6,9-12,15-16H2. The van der Waals surface area contributed by atoms with E-state index >= 15 is 0 Å². The van der Waals surface area contributed by atoms with Crippen molar-refractivity contribution in [2.75, 3.05) is 6.61 Å².